The van der Waals surface area contributed by atoms with Gasteiger partial charge in [0.15, 0.2) is 0 Å². The third kappa shape index (κ3) is 6.90. The minimum absolute atomic E-state index is 0.0662. The smallest absolute Gasteiger partial charge is 0.262 e. The molecule has 0 unspecified atom stereocenters. The van der Waals surface area contributed by atoms with Gasteiger partial charge in [0.05, 0.1) is 37.5 Å². The van der Waals surface area contributed by atoms with Crippen LogP contribution in [0, 0.1) is 0 Å². The van der Waals surface area contributed by atoms with Crippen LogP contribution in [0.4, 0.5) is 5.69 Å². The number of benzene rings is 2. The molecule has 10 heteroatoms. The quantitative estimate of drug-likeness (QED) is 0.518. The number of amides is 1. The van der Waals surface area contributed by atoms with Crippen LogP contribution in [0.5, 0.6) is 5.75 Å². The van der Waals surface area contributed by atoms with Gasteiger partial charge in [-0.3, -0.25) is 9.52 Å². The zero-order valence-corrected chi connectivity index (χ0v) is 17.7. The molecule has 0 aliphatic rings. The van der Waals surface area contributed by atoms with Crippen molar-refractivity contribution in [2.24, 2.45) is 0 Å². The van der Waals surface area contributed by atoms with E-state index in [1.165, 1.54) is 37.4 Å². The summed E-state index contributed by atoms with van der Waals surface area (Å²) < 4.78 is 43.2. The SMILES string of the molecule is COCCOCCNC(=O)c1cccc(S(=O)(=O)Nc2cc(Cl)ccc2OC)c1. The Morgan fingerprint density at radius 2 is 1.86 bits per heavy atom. The zero-order chi connectivity index (χ0) is 21.3. The average Bonchev–Trinajstić information content (AvgIpc) is 2.70. The summed E-state index contributed by atoms with van der Waals surface area (Å²) in [7, 11) is -0.967. The fourth-order valence-corrected chi connectivity index (χ4v) is 3.63. The molecule has 2 aromatic rings. The lowest BCUT2D eigenvalue weighted by Crippen LogP contribution is -2.28. The maximum atomic E-state index is 12.7. The number of hydrogen-bond donors (Lipinski definition) is 2. The van der Waals surface area contributed by atoms with Gasteiger partial charge in [0.2, 0.25) is 0 Å². The van der Waals surface area contributed by atoms with Crippen molar-refractivity contribution in [1.82, 2.24) is 5.32 Å². The molecule has 0 saturated carbocycles. The van der Waals surface area contributed by atoms with Crippen molar-refractivity contribution < 1.29 is 27.4 Å². The van der Waals surface area contributed by atoms with Crippen molar-refractivity contribution in [3.8, 4) is 5.75 Å². The Bertz CT molecular complexity index is 936. The van der Waals surface area contributed by atoms with E-state index < -0.39 is 15.9 Å². The molecule has 0 atom stereocenters. The number of hydrogen-bond acceptors (Lipinski definition) is 6. The summed E-state index contributed by atoms with van der Waals surface area (Å²) in [5.41, 5.74) is 0.408. The lowest BCUT2D eigenvalue weighted by molar-refractivity contribution is 0.0692. The highest BCUT2D eigenvalue weighted by molar-refractivity contribution is 7.92. The fourth-order valence-electron chi connectivity index (χ4n) is 2.35. The summed E-state index contributed by atoms with van der Waals surface area (Å²) in [4.78, 5) is 12.2. The van der Waals surface area contributed by atoms with Crippen molar-refractivity contribution in [1.29, 1.82) is 0 Å². The lowest BCUT2D eigenvalue weighted by Gasteiger charge is -2.13. The van der Waals surface area contributed by atoms with Gasteiger partial charge in [-0.15, -0.1) is 0 Å². The first-order valence-electron chi connectivity index (χ1n) is 8.68. The van der Waals surface area contributed by atoms with Gasteiger partial charge in [-0.05, 0) is 36.4 Å². The molecule has 1 amide bonds. The van der Waals surface area contributed by atoms with Crippen molar-refractivity contribution in [2.75, 3.05) is 45.3 Å². The largest absolute Gasteiger partial charge is 0.495 e. The second-order valence-electron chi connectivity index (χ2n) is 5.84. The maximum Gasteiger partial charge on any atom is 0.262 e. The Balaban J connectivity index is 2.07. The van der Waals surface area contributed by atoms with Crippen molar-refractivity contribution in [2.45, 2.75) is 4.90 Å². The van der Waals surface area contributed by atoms with Gasteiger partial charge >= 0.3 is 0 Å². The Hall–Kier alpha value is -2.33. The van der Waals surface area contributed by atoms with Crippen LogP contribution in [0.25, 0.3) is 0 Å². The third-order valence-electron chi connectivity index (χ3n) is 3.78. The molecule has 0 radical (unpaired) electrons. The molecule has 29 heavy (non-hydrogen) atoms. The lowest BCUT2D eigenvalue weighted by atomic mass is 10.2. The minimum Gasteiger partial charge on any atom is -0.495 e. The topological polar surface area (TPSA) is 103 Å². The number of carbonyl (C=O) groups excluding carboxylic acids is 1. The maximum absolute atomic E-state index is 12.7. The number of ether oxygens (including phenoxy) is 3. The molecule has 158 valence electrons. The second-order valence-corrected chi connectivity index (χ2v) is 7.96. The summed E-state index contributed by atoms with van der Waals surface area (Å²) in [5.74, 6) is -0.0851. The van der Waals surface area contributed by atoms with Gasteiger partial charge in [0.1, 0.15) is 5.75 Å². The molecule has 0 spiro atoms. The molecule has 2 aromatic carbocycles. The molecule has 0 fully saturated rings. The van der Waals surface area contributed by atoms with E-state index in [1.54, 1.807) is 19.2 Å². The summed E-state index contributed by atoms with van der Waals surface area (Å²) >= 11 is 5.94. The molecular weight excluding hydrogens is 420 g/mol. The summed E-state index contributed by atoms with van der Waals surface area (Å²) in [6.45, 7) is 1.51. The second kappa shape index (κ2) is 11.0. The highest BCUT2D eigenvalue weighted by Crippen LogP contribution is 2.29. The predicted molar refractivity (Wildman–Crippen MR) is 110 cm³/mol. The Morgan fingerprint density at radius 3 is 2.59 bits per heavy atom. The number of methoxy groups -OCH3 is 2. The first-order valence-corrected chi connectivity index (χ1v) is 10.5. The predicted octanol–water partition coefficient (Wildman–Crippen LogP) is 2.54. The normalized spacial score (nSPS) is 11.1. The molecular formula is C19H23ClN2O6S. The monoisotopic (exact) mass is 442 g/mol. The van der Waals surface area contributed by atoms with Crippen molar-refractivity contribution in [3.63, 3.8) is 0 Å². The molecule has 0 saturated heterocycles. The fraction of sp³-hybridized carbons (Fsp3) is 0.316. The highest BCUT2D eigenvalue weighted by Gasteiger charge is 2.18. The van der Waals surface area contributed by atoms with Crippen LogP contribution in [-0.4, -0.2) is 54.9 Å². The average molecular weight is 443 g/mol. The summed E-state index contributed by atoms with van der Waals surface area (Å²) in [6, 6.07) is 10.3. The molecule has 8 nitrogen and oxygen atoms in total. The number of carbonyl (C=O) groups is 1. The molecule has 0 aromatic heterocycles. The number of anilines is 1. The van der Waals surface area contributed by atoms with Crippen LogP contribution < -0.4 is 14.8 Å². The molecule has 0 aliphatic carbocycles. The van der Waals surface area contributed by atoms with Gasteiger partial charge in [-0.2, -0.15) is 0 Å². The van der Waals surface area contributed by atoms with E-state index in [-0.39, 0.29) is 22.7 Å². The number of nitrogens with one attached hydrogen (secondary N) is 2. The standard InChI is InChI=1S/C19H23ClN2O6S/c1-26-10-11-28-9-8-21-19(23)14-4-3-5-16(12-14)29(24,25)22-17-13-15(20)6-7-18(17)27-2/h3-7,12-13,22H,8-11H2,1-2H3,(H,21,23). The van der Waals surface area contributed by atoms with E-state index in [0.717, 1.165) is 0 Å². The van der Waals surface area contributed by atoms with Gasteiger partial charge in [0, 0.05) is 24.2 Å². The van der Waals surface area contributed by atoms with E-state index in [4.69, 9.17) is 25.8 Å². The van der Waals surface area contributed by atoms with E-state index in [2.05, 4.69) is 10.0 Å². The van der Waals surface area contributed by atoms with E-state index in [9.17, 15) is 13.2 Å². The first-order chi connectivity index (χ1) is 13.9. The van der Waals surface area contributed by atoms with Crippen LogP contribution >= 0.6 is 11.6 Å². The van der Waals surface area contributed by atoms with E-state index in [0.29, 0.717) is 30.6 Å². The number of halogens is 1. The minimum atomic E-state index is -3.96. The Morgan fingerprint density at radius 1 is 1.07 bits per heavy atom. The number of sulfonamides is 1. The molecule has 2 rings (SSSR count). The first kappa shape index (κ1) is 23.0. The Labute approximate surface area is 175 Å². The Kier molecular flexibility index (Phi) is 8.71. The highest BCUT2D eigenvalue weighted by atomic mass is 35.5. The van der Waals surface area contributed by atoms with E-state index >= 15 is 0 Å². The van der Waals surface area contributed by atoms with Crippen LogP contribution in [0.15, 0.2) is 47.4 Å². The van der Waals surface area contributed by atoms with Crippen LogP contribution in [0.1, 0.15) is 10.4 Å². The van der Waals surface area contributed by atoms with Crippen molar-refractivity contribution in [3.05, 3.63) is 53.1 Å². The van der Waals surface area contributed by atoms with Crippen LogP contribution in [-0.2, 0) is 19.5 Å². The van der Waals surface area contributed by atoms with E-state index in [1.807, 2.05) is 0 Å². The molecule has 0 heterocycles. The zero-order valence-electron chi connectivity index (χ0n) is 16.1. The van der Waals surface area contributed by atoms with Gasteiger partial charge < -0.3 is 19.5 Å². The number of rotatable bonds is 11. The van der Waals surface area contributed by atoms with Crippen LogP contribution in [0.3, 0.4) is 0 Å². The molecule has 0 aliphatic heterocycles. The molecule has 2 N–H and O–H groups in total. The van der Waals surface area contributed by atoms with Crippen LogP contribution in [0.2, 0.25) is 5.02 Å². The molecule has 0 bridgehead atoms. The van der Waals surface area contributed by atoms with Gasteiger partial charge in [-0.1, -0.05) is 17.7 Å². The van der Waals surface area contributed by atoms with Gasteiger partial charge in [0.25, 0.3) is 15.9 Å². The summed E-state index contributed by atoms with van der Waals surface area (Å²) in [6.07, 6.45) is 0. The van der Waals surface area contributed by atoms with Gasteiger partial charge in [-0.25, -0.2) is 8.42 Å². The summed E-state index contributed by atoms with van der Waals surface area (Å²) in [5, 5.41) is 3.02. The van der Waals surface area contributed by atoms with Crippen molar-refractivity contribution >= 4 is 33.2 Å². The third-order valence-corrected chi connectivity index (χ3v) is 5.37.